The fourth-order valence-electron chi connectivity index (χ4n) is 5.82. The third-order valence-corrected chi connectivity index (χ3v) is 7.77. The van der Waals surface area contributed by atoms with Gasteiger partial charge in [0.05, 0.1) is 12.5 Å². The number of nitrogens with zero attached hydrogens (tertiary/aromatic N) is 1. The quantitative estimate of drug-likeness (QED) is 0.541. The molecule has 3 saturated carbocycles. The zero-order valence-corrected chi connectivity index (χ0v) is 20.2. The standard InChI is InChI=1S/C26H28ClN3O5/c1-16-10-18(6-7-20(16)27)35-12-22(31)28-25-13-26(14-25,15-25)29-24(34)30-9-8-17-4-2-3-5-19(17)21(30)11-23(32)33/h2-7,10,21H,8-9,11-15H2,1H3,(H,28,31)(H,29,34)(H,32,33). The lowest BCUT2D eigenvalue weighted by atomic mass is 9.44. The second kappa shape index (κ2) is 8.75. The van der Waals surface area contributed by atoms with Gasteiger partial charge in [0.15, 0.2) is 6.61 Å². The van der Waals surface area contributed by atoms with E-state index in [0.29, 0.717) is 43.0 Å². The van der Waals surface area contributed by atoms with Crippen LogP contribution >= 0.6 is 11.6 Å². The molecule has 1 heterocycles. The number of carboxylic acid groups (broad SMARTS) is 1. The summed E-state index contributed by atoms with van der Waals surface area (Å²) in [4.78, 5) is 38.8. The highest BCUT2D eigenvalue weighted by Crippen LogP contribution is 2.60. The molecule has 3 fully saturated rings. The molecular formula is C26H28ClN3O5. The van der Waals surface area contributed by atoms with E-state index < -0.39 is 12.0 Å². The number of aliphatic carboxylic acids is 1. The molecule has 3 amide bonds. The van der Waals surface area contributed by atoms with Crippen LogP contribution in [0.3, 0.4) is 0 Å². The Morgan fingerprint density at radius 3 is 2.54 bits per heavy atom. The molecule has 184 valence electrons. The molecule has 1 atom stereocenters. The van der Waals surface area contributed by atoms with Gasteiger partial charge < -0.3 is 25.4 Å². The lowest BCUT2D eigenvalue weighted by Crippen LogP contribution is -2.84. The Balaban J connectivity index is 1.14. The van der Waals surface area contributed by atoms with Crippen molar-refractivity contribution in [2.24, 2.45) is 0 Å². The number of hydrogen-bond acceptors (Lipinski definition) is 4. The van der Waals surface area contributed by atoms with Crippen LogP contribution in [0.4, 0.5) is 4.79 Å². The molecule has 0 radical (unpaired) electrons. The maximum Gasteiger partial charge on any atom is 0.318 e. The van der Waals surface area contributed by atoms with Gasteiger partial charge in [-0.25, -0.2) is 4.79 Å². The van der Waals surface area contributed by atoms with Gasteiger partial charge in [0.2, 0.25) is 0 Å². The van der Waals surface area contributed by atoms with Gasteiger partial charge >= 0.3 is 12.0 Å². The zero-order valence-electron chi connectivity index (χ0n) is 19.5. The van der Waals surface area contributed by atoms with Crippen LogP contribution in [0.5, 0.6) is 5.75 Å². The van der Waals surface area contributed by atoms with Gasteiger partial charge in [-0.05, 0) is 67.5 Å². The summed E-state index contributed by atoms with van der Waals surface area (Å²) in [6.07, 6.45) is 2.53. The van der Waals surface area contributed by atoms with E-state index in [1.54, 1.807) is 23.1 Å². The Kier molecular flexibility index (Phi) is 5.87. The first kappa shape index (κ1) is 23.5. The topological polar surface area (TPSA) is 108 Å². The molecule has 2 bridgehead atoms. The molecule has 1 aliphatic heterocycles. The van der Waals surface area contributed by atoms with E-state index in [1.807, 2.05) is 31.2 Å². The van der Waals surface area contributed by atoms with Gasteiger partial charge in [-0.3, -0.25) is 9.59 Å². The minimum Gasteiger partial charge on any atom is -0.484 e. The first-order chi connectivity index (χ1) is 16.7. The van der Waals surface area contributed by atoms with Crippen molar-refractivity contribution in [3.05, 3.63) is 64.2 Å². The molecule has 8 nitrogen and oxygen atoms in total. The van der Waals surface area contributed by atoms with Crippen molar-refractivity contribution in [1.82, 2.24) is 15.5 Å². The van der Waals surface area contributed by atoms with Crippen molar-refractivity contribution in [1.29, 1.82) is 0 Å². The van der Waals surface area contributed by atoms with E-state index in [2.05, 4.69) is 10.6 Å². The van der Waals surface area contributed by atoms with Crippen LogP contribution in [0.25, 0.3) is 0 Å². The average Bonchev–Trinajstić information content (AvgIpc) is 2.77. The van der Waals surface area contributed by atoms with E-state index >= 15 is 0 Å². The maximum absolute atomic E-state index is 13.2. The number of nitrogens with one attached hydrogen (secondary N) is 2. The highest BCUT2D eigenvalue weighted by Gasteiger charge is 2.69. The maximum atomic E-state index is 13.2. The van der Waals surface area contributed by atoms with Crippen molar-refractivity contribution in [2.45, 2.75) is 56.1 Å². The fourth-order valence-corrected chi connectivity index (χ4v) is 5.94. The number of rotatable bonds is 7. The smallest absolute Gasteiger partial charge is 0.318 e. The first-order valence-corrected chi connectivity index (χ1v) is 12.1. The van der Waals surface area contributed by atoms with Crippen molar-refractivity contribution >= 4 is 29.5 Å². The Hall–Kier alpha value is -3.26. The number of halogens is 1. The molecule has 9 heteroatoms. The Morgan fingerprint density at radius 2 is 1.83 bits per heavy atom. The highest BCUT2D eigenvalue weighted by molar-refractivity contribution is 6.31. The number of hydrogen-bond donors (Lipinski definition) is 3. The summed E-state index contributed by atoms with van der Waals surface area (Å²) >= 11 is 6.02. The van der Waals surface area contributed by atoms with Crippen LogP contribution in [0.1, 0.15) is 48.4 Å². The second-order valence-corrected chi connectivity index (χ2v) is 10.4. The highest BCUT2D eigenvalue weighted by atomic mass is 35.5. The minimum absolute atomic E-state index is 0.0910. The molecule has 0 aromatic heterocycles. The van der Waals surface area contributed by atoms with Crippen molar-refractivity contribution in [2.75, 3.05) is 13.2 Å². The van der Waals surface area contributed by atoms with Gasteiger partial charge in [-0.1, -0.05) is 35.9 Å². The third kappa shape index (κ3) is 4.55. The second-order valence-electron chi connectivity index (χ2n) is 10.0. The third-order valence-electron chi connectivity index (χ3n) is 7.35. The lowest BCUT2D eigenvalue weighted by Gasteiger charge is -2.70. The first-order valence-electron chi connectivity index (χ1n) is 11.8. The van der Waals surface area contributed by atoms with E-state index in [-0.39, 0.29) is 36.0 Å². The minimum atomic E-state index is -0.937. The van der Waals surface area contributed by atoms with Gasteiger partial charge in [-0.15, -0.1) is 0 Å². The number of aryl methyl sites for hydroxylation is 1. The van der Waals surface area contributed by atoms with Gasteiger partial charge in [0, 0.05) is 22.6 Å². The van der Waals surface area contributed by atoms with Crippen LogP contribution in [0.15, 0.2) is 42.5 Å². The number of fused-ring (bicyclic) bond motifs is 1. The predicted molar refractivity (Wildman–Crippen MR) is 130 cm³/mol. The van der Waals surface area contributed by atoms with Gasteiger partial charge in [0.25, 0.3) is 5.91 Å². The van der Waals surface area contributed by atoms with E-state index in [4.69, 9.17) is 16.3 Å². The Labute approximate surface area is 208 Å². The monoisotopic (exact) mass is 497 g/mol. The molecule has 3 N–H and O–H groups in total. The van der Waals surface area contributed by atoms with Crippen LogP contribution in [0, 0.1) is 6.92 Å². The van der Waals surface area contributed by atoms with Crippen molar-refractivity contribution in [3.63, 3.8) is 0 Å². The molecule has 6 rings (SSSR count). The number of carbonyl (C=O) groups excluding carboxylic acids is 2. The fraction of sp³-hybridized carbons (Fsp3) is 0.423. The van der Waals surface area contributed by atoms with Crippen molar-refractivity contribution < 1.29 is 24.2 Å². The summed E-state index contributed by atoms with van der Waals surface area (Å²) < 4.78 is 5.58. The summed E-state index contributed by atoms with van der Waals surface area (Å²) in [5.74, 6) is -0.554. The number of carboxylic acids is 1. The molecule has 4 aliphatic rings. The van der Waals surface area contributed by atoms with Crippen LogP contribution in [-0.4, -0.2) is 52.1 Å². The molecule has 2 aromatic rings. The van der Waals surface area contributed by atoms with E-state index in [0.717, 1.165) is 16.7 Å². The van der Waals surface area contributed by atoms with Crippen LogP contribution in [-0.2, 0) is 16.0 Å². The summed E-state index contributed by atoms with van der Waals surface area (Å²) in [5, 5.41) is 16.3. The lowest BCUT2D eigenvalue weighted by molar-refractivity contribution is -0.141. The average molecular weight is 498 g/mol. The summed E-state index contributed by atoms with van der Waals surface area (Å²) in [6, 6.07) is 12.2. The number of urea groups is 1. The molecule has 0 spiro atoms. The van der Waals surface area contributed by atoms with E-state index in [9.17, 15) is 19.5 Å². The Morgan fingerprint density at radius 1 is 1.11 bits per heavy atom. The summed E-state index contributed by atoms with van der Waals surface area (Å²) in [7, 11) is 0. The van der Waals surface area contributed by atoms with Crippen molar-refractivity contribution in [3.8, 4) is 5.75 Å². The largest absolute Gasteiger partial charge is 0.484 e. The molecule has 2 aromatic carbocycles. The van der Waals surface area contributed by atoms with Gasteiger partial charge in [-0.2, -0.15) is 0 Å². The van der Waals surface area contributed by atoms with Crippen LogP contribution in [0.2, 0.25) is 5.02 Å². The molecule has 3 aliphatic carbocycles. The SMILES string of the molecule is Cc1cc(OCC(=O)NC23CC(NC(=O)N4CCc5ccccc5C4CC(=O)O)(C2)C3)ccc1Cl. The van der Waals surface area contributed by atoms with Crippen LogP contribution < -0.4 is 15.4 Å². The molecule has 35 heavy (non-hydrogen) atoms. The number of carbonyl (C=O) groups is 3. The van der Waals surface area contributed by atoms with E-state index in [1.165, 1.54) is 0 Å². The Bertz CT molecular complexity index is 1180. The number of benzene rings is 2. The van der Waals surface area contributed by atoms with Gasteiger partial charge in [0.1, 0.15) is 5.75 Å². The predicted octanol–water partition coefficient (Wildman–Crippen LogP) is 3.60. The zero-order chi connectivity index (χ0) is 24.8. The molecule has 1 unspecified atom stereocenters. The summed E-state index contributed by atoms with van der Waals surface area (Å²) in [6.45, 7) is 2.25. The number of ether oxygens (including phenoxy) is 1. The number of amides is 3. The molecular weight excluding hydrogens is 470 g/mol. The molecule has 0 saturated heterocycles. The normalized spacial score (nSPS) is 26.0. The summed E-state index contributed by atoms with van der Waals surface area (Å²) in [5.41, 5.74) is 2.21.